The highest BCUT2D eigenvalue weighted by atomic mass is 32.2. The van der Waals surface area contributed by atoms with Crippen LogP contribution in [0, 0.1) is 5.21 Å². The predicted octanol–water partition coefficient (Wildman–Crippen LogP) is 1.69. The number of aromatic nitrogens is 1. The van der Waals surface area contributed by atoms with Gasteiger partial charge in [-0.05, 0) is 17.5 Å². The summed E-state index contributed by atoms with van der Waals surface area (Å²) in [7, 11) is -1.26. The number of pyridine rings is 1. The Bertz CT molecular complexity index is 468. The molecule has 0 radical (unpaired) electrons. The lowest BCUT2D eigenvalue weighted by molar-refractivity contribution is -0.646. The zero-order valence-electron chi connectivity index (χ0n) is 7.83. The molecule has 1 atom stereocenters. The van der Waals surface area contributed by atoms with Crippen molar-refractivity contribution in [2.45, 2.75) is 10.8 Å². The lowest BCUT2D eigenvalue weighted by Crippen LogP contribution is -2.31. The Kier molecular flexibility index (Phi) is 3.13. The van der Waals surface area contributed by atoms with E-state index < -0.39 is 10.8 Å². The molecule has 0 bridgehead atoms. The van der Waals surface area contributed by atoms with E-state index in [4.69, 9.17) is 0 Å². The van der Waals surface area contributed by atoms with Crippen LogP contribution in [0.1, 0.15) is 4.88 Å². The van der Waals surface area contributed by atoms with Crippen molar-refractivity contribution < 1.29 is 8.94 Å². The Morgan fingerprint density at radius 2 is 2.20 bits per heavy atom. The van der Waals surface area contributed by atoms with Crippen LogP contribution < -0.4 is 4.73 Å². The van der Waals surface area contributed by atoms with Gasteiger partial charge in [0, 0.05) is 17.0 Å². The highest BCUT2D eigenvalue weighted by molar-refractivity contribution is 7.84. The second-order valence-corrected chi connectivity index (χ2v) is 5.36. The molecule has 0 saturated carbocycles. The molecule has 0 aliphatic rings. The van der Waals surface area contributed by atoms with Crippen LogP contribution in [0.25, 0.3) is 0 Å². The zero-order valence-corrected chi connectivity index (χ0v) is 9.46. The van der Waals surface area contributed by atoms with Crippen molar-refractivity contribution in [2.75, 3.05) is 0 Å². The molecule has 2 rings (SSSR count). The summed E-state index contributed by atoms with van der Waals surface area (Å²) >= 11 is 1.55. The van der Waals surface area contributed by atoms with E-state index >= 15 is 0 Å². The highest BCUT2D eigenvalue weighted by Gasteiger charge is 2.13. The first-order chi connectivity index (χ1) is 7.27. The predicted molar refractivity (Wildman–Crippen MR) is 59.8 cm³/mol. The lowest BCUT2D eigenvalue weighted by Gasteiger charge is -2.02. The first-order valence-electron chi connectivity index (χ1n) is 4.36. The van der Waals surface area contributed by atoms with Gasteiger partial charge in [0.25, 0.3) is 5.03 Å². The van der Waals surface area contributed by atoms with Gasteiger partial charge in [0.2, 0.25) is 0 Å². The maximum absolute atomic E-state index is 11.8. The Balaban J connectivity index is 2.19. The molecule has 2 aromatic rings. The van der Waals surface area contributed by atoms with Gasteiger partial charge < -0.3 is 5.21 Å². The average molecular weight is 239 g/mol. The number of thiophene rings is 1. The van der Waals surface area contributed by atoms with Gasteiger partial charge >= 0.3 is 0 Å². The largest absolute Gasteiger partial charge is 0.618 e. The van der Waals surface area contributed by atoms with E-state index in [1.54, 1.807) is 29.5 Å². The Labute approximate surface area is 94.0 Å². The van der Waals surface area contributed by atoms with Gasteiger partial charge in [0.05, 0.1) is 5.75 Å². The van der Waals surface area contributed by atoms with Gasteiger partial charge in [-0.25, -0.2) is 4.21 Å². The van der Waals surface area contributed by atoms with Gasteiger partial charge in [0.1, 0.15) is 10.8 Å². The quantitative estimate of drug-likeness (QED) is 0.604. The third-order valence-electron chi connectivity index (χ3n) is 1.88. The van der Waals surface area contributed by atoms with Gasteiger partial charge in [-0.2, -0.15) is 4.73 Å². The zero-order chi connectivity index (χ0) is 10.7. The summed E-state index contributed by atoms with van der Waals surface area (Å²) in [6.45, 7) is 0. The smallest absolute Gasteiger partial charge is 0.281 e. The molecule has 78 valence electrons. The second kappa shape index (κ2) is 4.55. The Morgan fingerprint density at radius 1 is 1.33 bits per heavy atom. The summed E-state index contributed by atoms with van der Waals surface area (Å²) in [4.78, 5) is 1.03. The molecule has 0 amide bonds. The van der Waals surface area contributed by atoms with Crippen LogP contribution in [0.2, 0.25) is 0 Å². The van der Waals surface area contributed by atoms with E-state index in [2.05, 4.69) is 0 Å². The minimum Gasteiger partial charge on any atom is -0.618 e. The summed E-state index contributed by atoms with van der Waals surface area (Å²) in [5.74, 6) is 0.407. The summed E-state index contributed by atoms with van der Waals surface area (Å²) in [6, 6.07) is 8.76. The van der Waals surface area contributed by atoms with E-state index in [9.17, 15) is 9.42 Å². The fraction of sp³-hybridized carbons (Fsp3) is 0.100. The molecule has 5 heteroatoms. The third-order valence-corrected chi connectivity index (χ3v) is 4.29. The number of rotatable bonds is 3. The minimum atomic E-state index is -1.26. The first-order valence-corrected chi connectivity index (χ1v) is 6.56. The maximum atomic E-state index is 11.8. The number of hydrogen-bond acceptors (Lipinski definition) is 3. The van der Waals surface area contributed by atoms with Crippen LogP contribution in [-0.2, 0) is 16.6 Å². The van der Waals surface area contributed by atoms with E-state index in [-0.39, 0.29) is 0 Å². The molecule has 0 spiro atoms. The minimum absolute atomic E-state index is 0.311. The Hall–Kier alpha value is -1.20. The highest BCUT2D eigenvalue weighted by Crippen LogP contribution is 2.13. The second-order valence-electron chi connectivity index (χ2n) is 2.93. The van der Waals surface area contributed by atoms with Crippen LogP contribution >= 0.6 is 11.3 Å². The molecular formula is C10H9NO2S2. The van der Waals surface area contributed by atoms with Gasteiger partial charge in [-0.3, -0.25) is 0 Å². The summed E-state index contributed by atoms with van der Waals surface area (Å²) in [5, 5.41) is 13.6. The molecule has 2 heterocycles. The average Bonchev–Trinajstić information content (AvgIpc) is 2.71. The fourth-order valence-corrected chi connectivity index (χ4v) is 3.26. The van der Waals surface area contributed by atoms with Crippen LogP contribution in [0.3, 0.4) is 0 Å². The monoisotopic (exact) mass is 239 g/mol. The van der Waals surface area contributed by atoms with Crippen molar-refractivity contribution in [1.29, 1.82) is 0 Å². The maximum Gasteiger partial charge on any atom is 0.281 e. The van der Waals surface area contributed by atoms with Crippen LogP contribution in [-0.4, -0.2) is 4.21 Å². The standard InChI is InChI=1S/C10H9NO2S2/c12-11-6-2-1-5-10(11)15(13)8-9-4-3-7-14-9/h1-7H,8H2. The molecule has 0 aliphatic carbocycles. The number of nitrogens with zero attached hydrogens (tertiary/aromatic N) is 1. The summed E-state index contributed by atoms with van der Waals surface area (Å²) < 4.78 is 12.5. The molecule has 0 N–H and O–H groups in total. The molecular weight excluding hydrogens is 230 g/mol. The van der Waals surface area contributed by atoms with Gasteiger partial charge in [-0.15, -0.1) is 11.3 Å². The van der Waals surface area contributed by atoms with Crippen LogP contribution in [0.4, 0.5) is 0 Å². The van der Waals surface area contributed by atoms with Crippen molar-refractivity contribution in [2.24, 2.45) is 0 Å². The van der Waals surface area contributed by atoms with E-state index in [1.165, 1.54) is 6.20 Å². The van der Waals surface area contributed by atoms with E-state index in [0.29, 0.717) is 15.5 Å². The van der Waals surface area contributed by atoms with Gasteiger partial charge in [-0.1, -0.05) is 6.07 Å². The van der Waals surface area contributed by atoms with Crippen molar-refractivity contribution in [3.05, 3.63) is 52.0 Å². The molecule has 0 aromatic carbocycles. The van der Waals surface area contributed by atoms with E-state index in [1.807, 2.05) is 17.5 Å². The topological polar surface area (TPSA) is 44.0 Å². The molecule has 0 aliphatic heterocycles. The Morgan fingerprint density at radius 3 is 2.87 bits per heavy atom. The van der Waals surface area contributed by atoms with Crippen LogP contribution in [0.15, 0.2) is 46.9 Å². The van der Waals surface area contributed by atoms with E-state index in [0.717, 1.165) is 4.88 Å². The van der Waals surface area contributed by atoms with Crippen molar-refractivity contribution in [3.8, 4) is 0 Å². The van der Waals surface area contributed by atoms with Gasteiger partial charge in [0.15, 0.2) is 6.20 Å². The van der Waals surface area contributed by atoms with Crippen molar-refractivity contribution in [1.82, 2.24) is 0 Å². The summed E-state index contributed by atoms with van der Waals surface area (Å²) in [5.41, 5.74) is 0. The van der Waals surface area contributed by atoms with Crippen LogP contribution in [0.5, 0.6) is 0 Å². The third kappa shape index (κ3) is 2.43. The SMILES string of the molecule is O=S(Cc1cccs1)c1cccc[n+]1[O-]. The van der Waals surface area contributed by atoms with Crippen molar-refractivity contribution >= 4 is 22.1 Å². The molecule has 3 nitrogen and oxygen atoms in total. The molecule has 15 heavy (non-hydrogen) atoms. The first kappa shape index (κ1) is 10.3. The molecule has 1 unspecified atom stereocenters. The molecule has 2 aromatic heterocycles. The normalized spacial score (nSPS) is 12.5. The summed E-state index contributed by atoms with van der Waals surface area (Å²) in [6.07, 6.45) is 1.36. The lowest BCUT2D eigenvalue weighted by atomic mass is 10.5. The fourth-order valence-electron chi connectivity index (χ4n) is 1.19. The molecule has 0 fully saturated rings. The number of hydrogen-bond donors (Lipinski definition) is 0. The van der Waals surface area contributed by atoms with Crippen molar-refractivity contribution in [3.63, 3.8) is 0 Å². The molecule has 0 saturated heterocycles.